The molecule has 0 amide bonds. The molecule has 1 fully saturated rings. The molecule has 0 spiro atoms. The minimum absolute atomic E-state index is 0.621. The van der Waals surface area contributed by atoms with Crippen molar-refractivity contribution < 1.29 is 9.47 Å². The van der Waals surface area contributed by atoms with Crippen molar-refractivity contribution in [1.29, 1.82) is 0 Å². The van der Waals surface area contributed by atoms with Crippen LogP contribution in [0.15, 0.2) is 18.2 Å². The van der Waals surface area contributed by atoms with Crippen LogP contribution in [0.5, 0.6) is 11.5 Å². The van der Waals surface area contributed by atoms with E-state index in [1.165, 1.54) is 12.8 Å². The molecule has 2 rings (SSSR count). The van der Waals surface area contributed by atoms with Gasteiger partial charge in [0, 0.05) is 6.07 Å². The van der Waals surface area contributed by atoms with Gasteiger partial charge in [-0.3, -0.25) is 0 Å². The third-order valence-corrected chi connectivity index (χ3v) is 2.78. The summed E-state index contributed by atoms with van der Waals surface area (Å²) >= 11 is 0. The smallest absolute Gasteiger partial charge is 0.145 e. The Hall–Kier alpha value is -1.38. The lowest BCUT2D eigenvalue weighted by Gasteiger charge is -2.10. The van der Waals surface area contributed by atoms with Gasteiger partial charge in [-0.2, -0.15) is 0 Å². The van der Waals surface area contributed by atoms with Gasteiger partial charge in [-0.1, -0.05) is 12.8 Å². The summed E-state index contributed by atoms with van der Waals surface area (Å²) in [4.78, 5) is 0. The molecule has 0 aliphatic heterocycles. The highest BCUT2D eigenvalue weighted by Gasteiger charge is 2.20. The average molecular weight is 221 g/mol. The normalized spacial score (nSPS) is 14.8. The number of hydrogen-bond acceptors (Lipinski definition) is 3. The van der Waals surface area contributed by atoms with Crippen molar-refractivity contribution in [3.05, 3.63) is 18.2 Å². The number of hydrogen-bond donors (Lipinski definition) is 1. The van der Waals surface area contributed by atoms with Crippen LogP contribution in [-0.4, -0.2) is 13.2 Å². The average Bonchev–Trinajstić information content (AvgIpc) is 3.07. The number of anilines is 1. The quantitative estimate of drug-likeness (QED) is 0.751. The molecule has 0 aromatic heterocycles. The Morgan fingerprint density at radius 3 is 2.81 bits per heavy atom. The molecule has 0 unspecified atom stereocenters. The van der Waals surface area contributed by atoms with Crippen molar-refractivity contribution >= 4 is 5.69 Å². The van der Waals surface area contributed by atoms with Gasteiger partial charge in [0.2, 0.25) is 0 Å². The molecule has 1 aromatic rings. The predicted octanol–water partition coefficient (Wildman–Crippen LogP) is 2.85. The number of nitrogens with two attached hydrogens (primary N) is 1. The van der Waals surface area contributed by atoms with E-state index in [-0.39, 0.29) is 0 Å². The topological polar surface area (TPSA) is 44.5 Å². The van der Waals surface area contributed by atoms with Crippen LogP contribution in [0.25, 0.3) is 0 Å². The molecule has 1 aromatic carbocycles. The Morgan fingerprint density at radius 1 is 1.31 bits per heavy atom. The third kappa shape index (κ3) is 3.05. The van der Waals surface area contributed by atoms with Gasteiger partial charge in [0.25, 0.3) is 0 Å². The second-order valence-electron chi connectivity index (χ2n) is 4.21. The van der Waals surface area contributed by atoms with Gasteiger partial charge in [-0.15, -0.1) is 0 Å². The highest BCUT2D eigenvalue weighted by molar-refractivity contribution is 5.55. The minimum atomic E-state index is 0.621. The van der Waals surface area contributed by atoms with Gasteiger partial charge >= 0.3 is 0 Å². The molecule has 1 saturated carbocycles. The van der Waals surface area contributed by atoms with Crippen molar-refractivity contribution in [3.63, 3.8) is 0 Å². The Bertz CT molecular complexity index is 348. The van der Waals surface area contributed by atoms with Gasteiger partial charge in [-0.05, 0) is 31.4 Å². The van der Waals surface area contributed by atoms with Gasteiger partial charge < -0.3 is 15.2 Å². The fraction of sp³-hybridized carbons (Fsp3) is 0.538. The lowest BCUT2D eigenvalue weighted by Crippen LogP contribution is -2.00. The highest BCUT2D eigenvalue weighted by Crippen LogP contribution is 2.33. The van der Waals surface area contributed by atoms with Crippen LogP contribution in [0.4, 0.5) is 5.69 Å². The fourth-order valence-electron chi connectivity index (χ4n) is 1.63. The van der Waals surface area contributed by atoms with Crippen molar-refractivity contribution in [1.82, 2.24) is 0 Å². The Balaban J connectivity index is 1.89. The van der Waals surface area contributed by atoms with Crippen LogP contribution >= 0.6 is 0 Å². The molecular formula is C13H19NO2. The van der Waals surface area contributed by atoms with Crippen molar-refractivity contribution in [2.75, 3.05) is 18.9 Å². The first-order chi connectivity index (χ1) is 7.79. The van der Waals surface area contributed by atoms with E-state index in [1.807, 2.05) is 25.1 Å². The standard InChI is InChI=1S/C13H19NO2/c1-2-15-13-9-11(5-6-12(13)14)16-8-7-10-3-4-10/h5-6,9-10H,2-4,7-8,14H2,1H3. The number of benzene rings is 1. The molecule has 16 heavy (non-hydrogen) atoms. The maximum absolute atomic E-state index is 5.78. The van der Waals surface area contributed by atoms with E-state index in [9.17, 15) is 0 Å². The molecule has 88 valence electrons. The first-order valence-electron chi connectivity index (χ1n) is 5.94. The molecule has 0 atom stereocenters. The molecule has 3 heteroatoms. The predicted molar refractivity (Wildman–Crippen MR) is 64.9 cm³/mol. The van der Waals surface area contributed by atoms with Crippen LogP contribution in [0.2, 0.25) is 0 Å². The number of ether oxygens (including phenoxy) is 2. The molecule has 1 aliphatic carbocycles. The summed E-state index contributed by atoms with van der Waals surface area (Å²) in [6.07, 6.45) is 3.90. The third-order valence-electron chi connectivity index (χ3n) is 2.78. The number of nitrogen functional groups attached to an aromatic ring is 1. The Kier molecular flexibility index (Phi) is 3.54. The van der Waals surface area contributed by atoms with E-state index in [4.69, 9.17) is 15.2 Å². The molecule has 0 heterocycles. The lowest BCUT2D eigenvalue weighted by molar-refractivity contribution is 0.297. The molecular weight excluding hydrogens is 202 g/mol. The second-order valence-corrected chi connectivity index (χ2v) is 4.21. The van der Waals surface area contributed by atoms with E-state index in [2.05, 4.69) is 0 Å². The van der Waals surface area contributed by atoms with E-state index in [0.717, 1.165) is 24.7 Å². The van der Waals surface area contributed by atoms with Gasteiger partial charge in [0.1, 0.15) is 11.5 Å². The molecule has 0 bridgehead atoms. The Labute approximate surface area is 96.5 Å². The summed E-state index contributed by atoms with van der Waals surface area (Å²) in [6.45, 7) is 3.36. The summed E-state index contributed by atoms with van der Waals surface area (Å²) in [7, 11) is 0. The second kappa shape index (κ2) is 5.10. The first kappa shape index (κ1) is 11.1. The largest absolute Gasteiger partial charge is 0.493 e. The Morgan fingerprint density at radius 2 is 2.12 bits per heavy atom. The number of rotatable bonds is 6. The van der Waals surface area contributed by atoms with Gasteiger partial charge in [0.15, 0.2) is 0 Å². The minimum Gasteiger partial charge on any atom is -0.493 e. The molecule has 3 nitrogen and oxygen atoms in total. The monoisotopic (exact) mass is 221 g/mol. The summed E-state index contributed by atoms with van der Waals surface area (Å²) < 4.78 is 11.1. The molecule has 1 aliphatic rings. The van der Waals surface area contributed by atoms with Crippen LogP contribution in [0.3, 0.4) is 0 Å². The maximum atomic E-state index is 5.78. The van der Waals surface area contributed by atoms with E-state index in [1.54, 1.807) is 0 Å². The summed E-state index contributed by atoms with van der Waals surface area (Å²) in [5, 5.41) is 0. The summed E-state index contributed by atoms with van der Waals surface area (Å²) in [6, 6.07) is 5.59. The van der Waals surface area contributed by atoms with Crippen LogP contribution in [0.1, 0.15) is 26.2 Å². The molecule has 0 radical (unpaired) electrons. The summed E-state index contributed by atoms with van der Waals surface area (Å²) in [5.74, 6) is 2.46. The zero-order valence-corrected chi connectivity index (χ0v) is 9.74. The van der Waals surface area contributed by atoms with Crippen LogP contribution < -0.4 is 15.2 Å². The lowest BCUT2D eigenvalue weighted by atomic mass is 10.2. The van der Waals surface area contributed by atoms with Crippen molar-refractivity contribution in [2.24, 2.45) is 5.92 Å². The van der Waals surface area contributed by atoms with E-state index < -0.39 is 0 Å². The van der Waals surface area contributed by atoms with E-state index in [0.29, 0.717) is 18.0 Å². The van der Waals surface area contributed by atoms with Crippen LogP contribution in [0, 0.1) is 5.92 Å². The SMILES string of the molecule is CCOc1cc(OCCC2CC2)ccc1N. The van der Waals surface area contributed by atoms with Crippen molar-refractivity contribution in [3.8, 4) is 11.5 Å². The maximum Gasteiger partial charge on any atom is 0.145 e. The summed E-state index contributed by atoms with van der Waals surface area (Å²) in [5.41, 5.74) is 6.45. The highest BCUT2D eigenvalue weighted by atomic mass is 16.5. The van der Waals surface area contributed by atoms with Gasteiger partial charge in [0.05, 0.1) is 18.9 Å². The zero-order valence-electron chi connectivity index (χ0n) is 9.74. The molecule has 2 N–H and O–H groups in total. The fourth-order valence-corrected chi connectivity index (χ4v) is 1.63. The molecule has 0 saturated heterocycles. The van der Waals surface area contributed by atoms with Crippen molar-refractivity contribution in [2.45, 2.75) is 26.2 Å². The zero-order chi connectivity index (χ0) is 11.4. The van der Waals surface area contributed by atoms with Gasteiger partial charge in [-0.25, -0.2) is 0 Å². The van der Waals surface area contributed by atoms with Crippen LogP contribution in [-0.2, 0) is 0 Å². The first-order valence-corrected chi connectivity index (χ1v) is 5.94. The van der Waals surface area contributed by atoms with E-state index >= 15 is 0 Å².